The van der Waals surface area contributed by atoms with E-state index in [4.69, 9.17) is 5.26 Å². The predicted octanol–water partition coefficient (Wildman–Crippen LogP) is 0.0167. The monoisotopic (exact) mass is 229 g/mol. The van der Waals surface area contributed by atoms with Gasteiger partial charge in [0, 0.05) is 6.54 Å². The Morgan fingerprint density at radius 3 is 2.29 bits per heavy atom. The number of amides is 2. The average molecular weight is 229 g/mol. The molecular weight excluding hydrogens is 218 g/mol. The lowest BCUT2D eigenvalue weighted by Crippen LogP contribution is -2.50. The van der Waals surface area contributed by atoms with E-state index in [1.807, 2.05) is 18.2 Å². The molecule has 0 aromatic heterocycles. The van der Waals surface area contributed by atoms with E-state index in [9.17, 15) is 9.59 Å². The maximum absolute atomic E-state index is 11.2. The number of nitriles is 1. The molecule has 1 aliphatic heterocycles. The summed E-state index contributed by atoms with van der Waals surface area (Å²) in [5.41, 5.74) is 1.58. The van der Waals surface area contributed by atoms with Crippen LogP contribution in [0.4, 0.5) is 0 Å². The first-order chi connectivity index (χ1) is 8.17. The van der Waals surface area contributed by atoms with Gasteiger partial charge in [0.05, 0.1) is 24.7 Å². The van der Waals surface area contributed by atoms with Gasteiger partial charge in [0.1, 0.15) is 0 Å². The van der Waals surface area contributed by atoms with Crippen molar-refractivity contribution in [3.05, 3.63) is 35.4 Å². The standard InChI is InChI=1S/C12H11N3O2/c13-5-9-1-3-10(4-2-9)6-15-7-11(16)14-12(17)8-15/h1-4H,6-8H2,(H,14,16,17). The van der Waals surface area contributed by atoms with Gasteiger partial charge < -0.3 is 0 Å². The third-order valence-electron chi connectivity index (χ3n) is 2.50. The smallest absolute Gasteiger partial charge is 0.240 e. The number of nitrogens with zero attached hydrogens (tertiary/aromatic N) is 2. The van der Waals surface area contributed by atoms with E-state index in [0.717, 1.165) is 5.56 Å². The fourth-order valence-corrected chi connectivity index (χ4v) is 1.75. The van der Waals surface area contributed by atoms with Gasteiger partial charge in [0.25, 0.3) is 0 Å². The van der Waals surface area contributed by atoms with E-state index in [1.54, 1.807) is 17.0 Å². The third kappa shape index (κ3) is 2.89. The molecule has 17 heavy (non-hydrogen) atoms. The molecule has 0 atom stereocenters. The zero-order valence-corrected chi connectivity index (χ0v) is 9.14. The highest BCUT2D eigenvalue weighted by molar-refractivity contribution is 5.99. The summed E-state index contributed by atoms with van der Waals surface area (Å²) in [5, 5.41) is 10.9. The lowest BCUT2D eigenvalue weighted by Gasteiger charge is -2.25. The number of rotatable bonds is 2. The molecule has 0 saturated carbocycles. The minimum absolute atomic E-state index is 0.228. The van der Waals surface area contributed by atoms with Crippen molar-refractivity contribution < 1.29 is 9.59 Å². The van der Waals surface area contributed by atoms with Gasteiger partial charge in [-0.15, -0.1) is 0 Å². The number of benzene rings is 1. The normalized spacial score (nSPS) is 16.4. The molecule has 2 amide bonds. The summed E-state index contributed by atoms with van der Waals surface area (Å²) in [6, 6.07) is 9.14. The Kier molecular flexibility index (Phi) is 3.17. The number of carbonyl (C=O) groups excluding carboxylic acids is 2. The SMILES string of the molecule is N#Cc1ccc(CN2CC(=O)NC(=O)C2)cc1. The van der Waals surface area contributed by atoms with Crippen LogP contribution in [0, 0.1) is 11.3 Å². The van der Waals surface area contributed by atoms with E-state index in [-0.39, 0.29) is 24.9 Å². The Bertz CT molecular complexity index is 471. The van der Waals surface area contributed by atoms with Gasteiger partial charge in [0.2, 0.25) is 11.8 Å². The summed E-state index contributed by atoms with van der Waals surface area (Å²) in [5.74, 6) is -0.537. The van der Waals surface area contributed by atoms with Gasteiger partial charge >= 0.3 is 0 Å². The minimum Gasteiger partial charge on any atom is -0.294 e. The molecule has 1 aliphatic rings. The number of nitrogens with one attached hydrogen (secondary N) is 1. The Morgan fingerprint density at radius 2 is 1.76 bits per heavy atom. The quantitative estimate of drug-likeness (QED) is 0.725. The summed E-state index contributed by atoms with van der Waals surface area (Å²) in [6.07, 6.45) is 0. The van der Waals surface area contributed by atoms with Gasteiger partial charge in [-0.3, -0.25) is 19.8 Å². The molecule has 2 rings (SSSR count). The Hall–Kier alpha value is -2.19. The van der Waals surface area contributed by atoms with Crippen LogP contribution in [0.3, 0.4) is 0 Å². The van der Waals surface area contributed by atoms with E-state index in [0.29, 0.717) is 12.1 Å². The van der Waals surface area contributed by atoms with Crippen LogP contribution in [-0.2, 0) is 16.1 Å². The zero-order chi connectivity index (χ0) is 12.3. The van der Waals surface area contributed by atoms with Crippen LogP contribution in [0.5, 0.6) is 0 Å². The molecule has 1 aromatic carbocycles. The molecule has 5 heteroatoms. The van der Waals surface area contributed by atoms with Crippen LogP contribution in [0.1, 0.15) is 11.1 Å². The number of piperazine rings is 1. The molecule has 0 unspecified atom stereocenters. The Balaban J connectivity index is 2.02. The molecule has 1 heterocycles. The highest BCUT2D eigenvalue weighted by Crippen LogP contribution is 2.08. The number of imide groups is 1. The Morgan fingerprint density at radius 1 is 1.18 bits per heavy atom. The average Bonchev–Trinajstić information content (AvgIpc) is 2.28. The van der Waals surface area contributed by atoms with E-state index < -0.39 is 0 Å². The summed E-state index contributed by atoms with van der Waals surface area (Å²) in [6.45, 7) is 0.988. The predicted molar refractivity (Wildman–Crippen MR) is 59.6 cm³/mol. The number of hydrogen-bond acceptors (Lipinski definition) is 4. The van der Waals surface area contributed by atoms with Crippen molar-refractivity contribution in [2.24, 2.45) is 0 Å². The van der Waals surface area contributed by atoms with Crippen LogP contribution in [0.2, 0.25) is 0 Å². The first kappa shape index (κ1) is 11.3. The van der Waals surface area contributed by atoms with Crippen molar-refractivity contribution in [3.8, 4) is 6.07 Å². The topological polar surface area (TPSA) is 73.2 Å². The maximum atomic E-state index is 11.2. The molecular formula is C12H11N3O2. The molecule has 0 spiro atoms. The van der Waals surface area contributed by atoms with Gasteiger partial charge in [0.15, 0.2) is 0 Å². The van der Waals surface area contributed by atoms with E-state index >= 15 is 0 Å². The summed E-state index contributed by atoms with van der Waals surface area (Å²) < 4.78 is 0. The van der Waals surface area contributed by atoms with Gasteiger partial charge in [-0.2, -0.15) is 5.26 Å². The van der Waals surface area contributed by atoms with Crippen molar-refractivity contribution >= 4 is 11.8 Å². The minimum atomic E-state index is -0.269. The molecule has 5 nitrogen and oxygen atoms in total. The molecule has 1 N–H and O–H groups in total. The van der Waals surface area contributed by atoms with Crippen molar-refractivity contribution in [1.29, 1.82) is 5.26 Å². The van der Waals surface area contributed by atoms with Crippen LogP contribution >= 0.6 is 0 Å². The second kappa shape index (κ2) is 4.76. The van der Waals surface area contributed by atoms with Crippen molar-refractivity contribution in [1.82, 2.24) is 10.2 Å². The fraction of sp³-hybridized carbons (Fsp3) is 0.250. The lowest BCUT2D eigenvalue weighted by molar-refractivity contribution is -0.136. The molecule has 86 valence electrons. The maximum Gasteiger partial charge on any atom is 0.240 e. The van der Waals surface area contributed by atoms with Crippen LogP contribution in [0.15, 0.2) is 24.3 Å². The van der Waals surface area contributed by atoms with Crippen molar-refractivity contribution in [3.63, 3.8) is 0 Å². The lowest BCUT2D eigenvalue weighted by atomic mass is 10.1. The molecule has 1 fully saturated rings. The zero-order valence-electron chi connectivity index (χ0n) is 9.14. The van der Waals surface area contributed by atoms with Crippen LogP contribution in [-0.4, -0.2) is 29.8 Å². The first-order valence-electron chi connectivity index (χ1n) is 5.21. The third-order valence-corrected chi connectivity index (χ3v) is 2.50. The fourth-order valence-electron chi connectivity index (χ4n) is 1.75. The second-order valence-corrected chi connectivity index (χ2v) is 3.93. The first-order valence-corrected chi connectivity index (χ1v) is 5.21. The highest BCUT2D eigenvalue weighted by Gasteiger charge is 2.21. The Labute approximate surface area is 98.6 Å². The van der Waals surface area contributed by atoms with Crippen LogP contribution in [0.25, 0.3) is 0 Å². The van der Waals surface area contributed by atoms with Gasteiger partial charge in [-0.1, -0.05) is 12.1 Å². The molecule has 0 radical (unpaired) electrons. The number of hydrogen-bond donors (Lipinski definition) is 1. The largest absolute Gasteiger partial charge is 0.294 e. The number of carbonyl (C=O) groups is 2. The molecule has 1 saturated heterocycles. The highest BCUT2D eigenvalue weighted by atomic mass is 16.2. The van der Waals surface area contributed by atoms with Crippen molar-refractivity contribution in [2.45, 2.75) is 6.54 Å². The van der Waals surface area contributed by atoms with Gasteiger partial charge in [-0.25, -0.2) is 0 Å². The molecule has 1 aromatic rings. The second-order valence-electron chi connectivity index (χ2n) is 3.93. The van der Waals surface area contributed by atoms with E-state index in [1.165, 1.54) is 0 Å². The van der Waals surface area contributed by atoms with Gasteiger partial charge in [-0.05, 0) is 17.7 Å². The summed E-state index contributed by atoms with van der Waals surface area (Å²) in [4.78, 5) is 24.1. The molecule has 0 bridgehead atoms. The summed E-state index contributed by atoms with van der Waals surface area (Å²) >= 11 is 0. The molecule has 0 aliphatic carbocycles. The van der Waals surface area contributed by atoms with E-state index in [2.05, 4.69) is 5.32 Å². The summed E-state index contributed by atoms with van der Waals surface area (Å²) in [7, 11) is 0. The van der Waals surface area contributed by atoms with Crippen molar-refractivity contribution in [2.75, 3.05) is 13.1 Å². The van der Waals surface area contributed by atoms with Crippen LogP contribution < -0.4 is 5.32 Å².